The number of aromatic amines is 1. The number of fused-ring (bicyclic) bond motifs is 6. The van der Waals surface area contributed by atoms with E-state index in [2.05, 4.69) is 112 Å². The molecule has 3 aliphatic heterocycles. The quantitative estimate of drug-likeness (QED) is 0.0580. The van der Waals surface area contributed by atoms with Gasteiger partial charge in [-0.15, -0.1) is 11.3 Å². The molecule has 1 unspecified atom stereocenters. The number of benzene rings is 3. The number of carbonyl (C=O) groups excluding carboxylic acids is 1. The van der Waals surface area contributed by atoms with Crippen LogP contribution in [0.1, 0.15) is 101 Å². The topological polar surface area (TPSA) is 339 Å². The molecular weight excluding hydrogens is 1540 g/mol. The van der Waals surface area contributed by atoms with E-state index in [1.54, 1.807) is 55.6 Å². The first kappa shape index (κ1) is 78.5. The number of amides is 1. The number of furan rings is 1. The van der Waals surface area contributed by atoms with Gasteiger partial charge in [0.2, 0.25) is 11.7 Å². The van der Waals surface area contributed by atoms with Crippen molar-refractivity contribution in [3.05, 3.63) is 240 Å². The van der Waals surface area contributed by atoms with Crippen molar-refractivity contribution in [3.8, 4) is 28.5 Å². The highest BCUT2D eigenvalue weighted by molar-refractivity contribution is 7.99. The second-order valence-corrected chi connectivity index (χ2v) is 31.4. The van der Waals surface area contributed by atoms with Crippen molar-refractivity contribution in [2.45, 2.75) is 91.0 Å². The van der Waals surface area contributed by atoms with Crippen LogP contribution in [0.5, 0.6) is 0 Å². The number of halogens is 2. The summed E-state index contributed by atoms with van der Waals surface area (Å²) in [5, 5.41) is 13.1. The number of carbonyl (C=O) groups is 1. The number of imidazole rings is 1. The van der Waals surface area contributed by atoms with Crippen molar-refractivity contribution >= 4 is 130 Å². The number of nitrogen functional groups attached to an aromatic ring is 1. The minimum Gasteiger partial charge on any atom is -0.442 e. The largest absolute Gasteiger partial charge is 0.442 e. The minimum atomic E-state index is -0.360. The summed E-state index contributed by atoms with van der Waals surface area (Å²) in [6, 6.07) is 36.9. The maximum Gasteiger partial charge on any atom is 0.271 e. The second kappa shape index (κ2) is 35.3. The first-order chi connectivity index (χ1) is 55.9. The molecule has 2 atom stereocenters. The van der Waals surface area contributed by atoms with Gasteiger partial charge in [-0.1, -0.05) is 122 Å². The van der Waals surface area contributed by atoms with E-state index in [0.29, 0.717) is 51.6 Å². The molecule has 18 rings (SSSR count). The molecule has 0 radical (unpaired) electrons. The summed E-state index contributed by atoms with van der Waals surface area (Å²) in [5.41, 5.74) is 17.4. The minimum absolute atomic E-state index is 0.146. The number of aryl methyl sites for hydroxylation is 2. The highest BCUT2D eigenvalue weighted by Gasteiger charge is 2.29. The van der Waals surface area contributed by atoms with Gasteiger partial charge in [-0.25, -0.2) is 34.9 Å². The van der Waals surface area contributed by atoms with Crippen LogP contribution in [0, 0.1) is 19.8 Å². The van der Waals surface area contributed by atoms with E-state index in [1.165, 1.54) is 44.0 Å². The fourth-order valence-electron chi connectivity index (χ4n) is 14.0. The number of aliphatic imine (C=N–C) groups is 1. The van der Waals surface area contributed by atoms with Crippen LogP contribution in [-0.2, 0) is 30.9 Å². The summed E-state index contributed by atoms with van der Waals surface area (Å²) in [7, 11) is 0. The van der Waals surface area contributed by atoms with Crippen molar-refractivity contribution < 1.29 is 18.5 Å². The van der Waals surface area contributed by atoms with Crippen LogP contribution in [0.3, 0.4) is 0 Å². The fraction of sp³-hybridized carbons (Fsp3) is 0.277. The number of morpholine rings is 1. The predicted molar refractivity (Wildman–Crippen MR) is 452 cm³/mol. The van der Waals surface area contributed by atoms with Crippen LogP contribution >= 0.6 is 46.3 Å². The Hall–Kier alpha value is -11.8. The van der Waals surface area contributed by atoms with Crippen LogP contribution in [0.25, 0.3) is 82.8 Å². The van der Waals surface area contributed by atoms with Crippen molar-refractivity contribution in [1.29, 1.82) is 0 Å². The van der Waals surface area contributed by atoms with Gasteiger partial charge >= 0.3 is 0 Å². The molecule has 0 aliphatic carbocycles. The van der Waals surface area contributed by atoms with Gasteiger partial charge in [-0.05, 0) is 106 Å². The van der Waals surface area contributed by atoms with Crippen LogP contribution < -0.4 is 32.4 Å². The molecule has 2 fully saturated rings. The first-order valence-corrected chi connectivity index (χ1v) is 40.2. The first-order valence-electron chi connectivity index (χ1n) is 37.7. The normalized spacial score (nSPS) is 14.2. The number of thiophene rings is 1. The lowest BCUT2D eigenvalue weighted by Gasteiger charge is -2.33. The molecule has 32 heteroatoms. The number of likely N-dealkylation sites (N-methyl/N-ethyl adjacent to an activating group) is 1. The monoisotopic (exact) mass is 1620 g/mol. The van der Waals surface area contributed by atoms with Crippen molar-refractivity contribution in [2.24, 2.45) is 10.9 Å². The number of nitrogens with two attached hydrogens (primary N) is 1. The molecule has 15 heterocycles. The summed E-state index contributed by atoms with van der Waals surface area (Å²) in [6.45, 7) is 25.2. The number of piperazine rings is 1. The average molecular weight is 1620 g/mol. The van der Waals surface area contributed by atoms with Gasteiger partial charge in [0.1, 0.15) is 44.2 Å². The molecule has 3 aromatic carbocycles. The zero-order valence-corrected chi connectivity index (χ0v) is 67.3. The Bertz CT molecular complexity index is 6170. The number of aromatic nitrogens is 15. The number of hydrogen-bond acceptors (Lipinski definition) is 26. The van der Waals surface area contributed by atoms with E-state index in [4.69, 9.17) is 57.6 Å². The Labute approximate surface area is 678 Å². The van der Waals surface area contributed by atoms with Crippen molar-refractivity contribution in [1.82, 2.24) is 89.2 Å². The van der Waals surface area contributed by atoms with Gasteiger partial charge < -0.3 is 44.8 Å². The molecule has 0 saturated carbocycles. The fourth-order valence-corrected chi connectivity index (χ4v) is 16.5. The van der Waals surface area contributed by atoms with Crippen LogP contribution in [0.4, 0.5) is 17.6 Å². The Morgan fingerprint density at radius 2 is 1.57 bits per heavy atom. The lowest BCUT2D eigenvalue weighted by molar-refractivity contribution is 0.0950. The summed E-state index contributed by atoms with van der Waals surface area (Å²) in [6.07, 6.45) is 13.4. The third-order valence-corrected chi connectivity index (χ3v) is 22.5. The van der Waals surface area contributed by atoms with E-state index in [0.717, 1.165) is 156 Å². The Kier molecular flexibility index (Phi) is 24.1. The molecule has 15 aromatic rings. The molecule has 28 nitrogen and oxygen atoms in total. The smallest absolute Gasteiger partial charge is 0.271 e. The molecule has 5 N–H and O–H groups in total. The van der Waals surface area contributed by atoms with Crippen LogP contribution in [0.15, 0.2) is 187 Å². The number of nitrogens with one attached hydrogen (secondary N) is 3. The third-order valence-electron chi connectivity index (χ3n) is 19.7. The molecule has 115 heavy (non-hydrogen) atoms. The molecule has 0 bridgehead atoms. The lowest BCUT2D eigenvalue weighted by atomic mass is 10.0. The van der Waals surface area contributed by atoms with E-state index in [1.807, 2.05) is 130 Å². The zero-order chi connectivity index (χ0) is 79.8. The maximum atomic E-state index is 13.3. The van der Waals surface area contributed by atoms with E-state index >= 15 is 0 Å². The zero-order valence-electron chi connectivity index (χ0n) is 64.2. The number of ether oxygens (including phenoxy) is 1. The highest BCUT2D eigenvalue weighted by Crippen LogP contribution is 2.40. The lowest BCUT2D eigenvalue weighted by Crippen LogP contribution is -2.45. The number of para-hydroxylation sites is 2. The number of rotatable bonds is 18. The van der Waals surface area contributed by atoms with Crippen molar-refractivity contribution in [3.63, 3.8) is 0 Å². The Morgan fingerprint density at radius 3 is 2.35 bits per heavy atom. The Balaban J connectivity index is 0.000000121. The van der Waals surface area contributed by atoms with Gasteiger partial charge in [0.25, 0.3) is 22.7 Å². The third kappa shape index (κ3) is 17.5. The summed E-state index contributed by atoms with van der Waals surface area (Å²) < 4.78 is 20.8. The van der Waals surface area contributed by atoms with E-state index in [-0.39, 0.29) is 62.6 Å². The van der Waals surface area contributed by atoms with E-state index < -0.39 is 0 Å². The number of hydrogen-bond donors (Lipinski definition) is 4. The second-order valence-electron chi connectivity index (χ2n) is 28.1. The number of thioether (sulfide) groups is 1. The van der Waals surface area contributed by atoms with Gasteiger partial charge in [-0.2, -0.15) is 9.97 Å². The van der Waals surface area contributed by atoms with Crippen LogP contribution in [0.2, 0.25) is 10.0 Å². The number of H-pyrrole nitrogens is 1. The van der Waals surface area contributed by atoms with Crippen molar-refractivity contribution in [2.75, 3.05) is 75.0 Å². The highest BCUT2D eigenvalue weighted by atomic mass is 35.5. The number of anilines is 3. The van der Waals surface area contributed by atoms with Gasteiger partial charge in [0, 0.05) is 117 Å². The standard InChI is InChI=1S/C25H30N6OS.C20H16Cl2N6.C20H16N6O2S.C18H20N4O3/c1-2-29-6-8-30(9-7-29)17-19-14-22-23(33-19)25(31-10-12-32-13-11-31)28-24(27-22)20-5-3-4-18-15-26-16-21(18)20;1-11(26-19-15(22)10-25-20(23)28-19)13-9-12-5-4-6-14(21)17(12)27-18(13)16-7-2-3-8-24-16;1-11-15-18(28-25-11)24-17(26(20(15)27)13-6-4-3-5-7-13)12(2)29-19-16-14(8-9-21-19)22-10-23-16;1-11(2)9-22-10-21-17-15(18(22)24)14(12(3)25-17)16(23)20-8-13-5-4-6-19-7-13/h3-5,14,16H,2,6-13,15,17H2,1H3;2-11H,1H3,(H3,23,25,26,28);3-10,12H,1-2H3,(H,22,23);4-7,10-11H,8-9H2,1-3H3,(H,20,23)/t;11-;;/m.0../s1. The van der Waals surface area contributed by atoms with Gasteiger partial charge in [0.05, 0.1) is 98.2 Å². The average Bonchev–Trinajstić information content (AvgIpc) is 1.70. The molecule has 0 spiro atoms. The van der Waals surface area contributed by atoms with Gasteiger partial charge in [-0.3, -0.25) is 43.4 Å². The number of pyridine rings is 4. The molecule has 3 aliphatic rings. The van der Waals surface area contributed by atoms with Gasteiger partial charge in [0.15, 0.2) is 17.5 Å². The summed E-state index contributed by atoms with van der Waals surface area (Å²) in [5.74, 6) is 3.32. The SMILES string of the molecule is CCN1CCN(Cc2cc3nc(-c4cccc5c4C=NC5)nc(N4CCOCC4)c3s2)CC1.C[C@H](Nc1nc(N)ncc1Cl)c1cc2cccc(Cl)c2nc1-c1ccccn1.Cc1noc2nc(C(C)Sc3nccc4[nH]cnc34)n(-c3ccccc3)c(=O)c12.Cc1oc2ncn(CC(C)C)c(=O)c2c1C(=O)NCc1cccnc1. The predicted octanol–water partition coefficient (Wildman–Crippen LogP) is 14.5. The molecule has 2 saturated heterocycles. The Morgan fingerprint density at radius 1 is 0.757 bits per heavy atom. The summed E-state index contributed by atoms with van der Waals surface area (Å²) >= 11 is 15.9. The molecule has 586 valence electrons. The van der Waals surface area contributed by atoms with E-state index in [9.17, 15) is 14.4 Å². The van der Waals surface area contributed by atoms with Crippen LogP contribution in [-0.4, -0.2) is 155 Å². The summed E-state index contributed by atoms with van der Waals surface area (Å²) in [4.78, 5) is 104. The molecular formula is C83H82Cl2N22O6S2. The molecule has 12 aromatic heterocycles. The molecule has 1 amide bonds. The number of nitrogens with zero attached hydrogens (tertiary/aromatic N) is 18. The maximum absolute atomic E-state index is 13.3.